The van der Waals surface area contributed by atoms with E-state index in [0.29, 0.717) is 25.9 Å². The molecule has 3 unspecified atom stereocenters. The van der Waals surface area contributed by atoms with Crippen LogP contribution in [-0.2, 0) is 14.3 Å². The van der Waals surface area contributed by atoms with E-state index in [1.54, 1.807) is 0 Å². The second-order valence-corrected chi connectivity index (χ2v) is 5.17. The molecule has 1 rings (SSSR count). The lowest BCUT2D eigenvalue weighted by atomic mass is 9.73. The Balaban J connectivity index is 2.88. The second-order valence-electron chi connectivity index (χ2n) is 5.17. The van der Waals surface area contributed by atoms with Crippen molar-refractivity contribution in [2.45, 2.75) is 57.7 Å². The molecule has 0 aromatic carbocycles. The van der Waals surface area contributed by atoms with Gasteiger partial charge in [-0.3, -0.25) is 4.79 Å². The monoisotopic (exact) mass is 244 g/mol. The molecule has 1 N–H and O–H groups in total. The van der Waals surface area contributed by atoms with Crippen LogP contribution in [0.15, 0.2) is 0 Å². The minimum absolute atomic E-state index is 0.324. The highest BCUT2D eigenvalue weighted by Gasteiger charge is 2.48. The molecule has 0 radical (unpaired) electrons. The summed E-state index contributed by atoms with van der Waals surface area (Å²) in [5.74, 6) is -0.780. The maximum absolute atomic E-state index is 11.7. The van der Waals surface area contributed by atoms with Crippen LogP contribution < -0.4 is 0 Å². The van der Waals surface area contributed by atoms with E-state index in [1.165, 1.54) is 7.11 Å². The number of methoxy groups -OCH3 is 1. The largest absolute Gasteiger partial charge is 0.469 e. The van der Waals surface area contributed by atoms with Gasteiger partial charge < -0.3 is 14.6 Å². The van der Waals surface area contributed by atoms with Crippen molar-refractivity contribution < 1.29 is 19.4 Å². The quantitative estimate of drug-likeness (QED) is 0.767. The van der Waals surface area contributed by atoms with Gasteiger partial charge in [0.2, 0.25) is 0 Å². The predicted molar refractivity (Wildman–Crippen MR) is 64.6 cm³/mol. The molecule has 4 nitrogen and oxygen atoms in total. The molecule has 0 aromatic heterocycles. The van der Waals surface area contributed by atoms with E-state index >= 15 is 0 Å². The van der Waals surface area contributed by atoms with Crippen molar-refractivity contribution in [1.82, 2.24) is 0 Å². The summed E-state index contributed by atoms with van der Waals surface area (Å²) >= 11 is 0. The van der Waals surface area contributed by atoms with Crippen molar-refractivity contribution in [2.75, 3.05) is 13.7 Å². The molecule has 0 bridgehead atoms. The first kappa shape index (κ1) is 14.5. The van der Waals surface area contributed by atoms with Gasteiger partial charge in [-0.25, -0.2) is 0 Å². The summed E-state index contributed by atoms with van der Waals surface area (Å²) in [6.45, 7) is 6.42. The fourth-order valence-electron chi connectivity index (χ4n) is 2.69. The minimum atomic E-state index is -0.995. The molecular formula is C13H24O4. The van der Waals surface area contributed by atoms with Crippen LogP contribution in [0.4, 0.5) is 0 Å². The number of carbonyl (C=O) groups is 1. The van der Waals surface area contributed by atoms with Gasteiger partial charge in [0.1, 0.15) is 0 Å². The van der Waals surface area contributed by atoms with Gasteiger partial charge in [-0.15, -0.1) is 0 Å². The standard InChI is InChI=1S/C13H24O4/c1-5-10(11(14)16-4)13(15)7-8-17-12(3,6-2)9-13/h10,15H,5-9H2,1-4H3. The van der Waals surface area contributed by atoms with E-state index < -0.39 is 11.5 Å². The van der Waals surface area contributed by atoms with E-state index in [0.717, 1.165) is 6.42 Å². The van der Waals surface area contributed by atoms with Gasteiger partial charge >= 0.3 is 5.97 Å². The molecule has 1 fully saturated rings. The first-order valence-corrected chi connectivity index (χ1v) is 6.35. The van der Waals surface area contributed by atoms with Crippen LogP contribution in [0.25, 0.3) is 0 Å². The molecule has 1 saturated heterocycles. The van der Waals surface area contributed by atoms with Gasteiger partial charge in [-0.2, -0.15) is 0 Å². The smallest absolute Gasteiger partial charge is 0.311 e. The van der Waals surface area contributed by atoms with Gasteiger partial charge in [0.15, 0.2) is 0 Å². The average molecular weight is 244 g/mol. The Hall–Kier alpha value is -0.610. The average Bonchev–Trinajstić information content (AvgIpc) is 2.29. The van der Waals surface area contributed by atoms with Gasteiger partial charge in [-0.1, -0.05) is 13.8 Å². The maximum atomic E-state index is 11.7. The van der Waals surface area contributed by atoms with Crippen molar-refractivity contribution in [3.63, 3.8) is 0 Å². The molecule has 0 aliphatic carbocycles. The molecule has 0 aromatic rings. The van der Waals surface area contributed by atoms with Crippen LogP contribution in [-0.4, -0.2) is 36.0 Å². The SMILES string of the molecule is CCC(C(=O)OC)C1(O)CCOC(C)(CC)C1. The number of carbonyl (C=O) groups excluding carboxylic acids is 1. The van der Waals surface area contributed by atoms with Crippen LogP contribution >= 0.6 is 0 Å². The van der Waals surface area contributed by atoms with Crippen molar-refractivity contribution in [1.29, 1.82) is 0 Å². The van der Waals surface area contributed by atoms with E-state index in [2.05, 4.69) is 0 Å². The first-order valence-electron chi connectivity index (χ1n) is 6.35. The number of esters is 1. The fraction of sp³-hybridized carbons (Fsp3) is 0.923. The molecule has 1 heterocycles. The van der Waals surface area contributed by atoms with E-state index in [-0.39, 0.29) is 11.6 Å². The van der Waals surface area contributed by atoms with Crippen LogP contribution in [0, 0.1) is 5.92 Å². The zero-order chi connectivity index (χ0) is 13.1. The molecule has 4 heteroatoms. The maximum Gasteiger partial charge on any atom is 0.311 e. The van der Waals surface area contributed by atoms with Crippen molar-refractivity contribution in [2.24, 2.45) is 5.92 Å². The lowest BCUT2D eigenvalue weighted by Gasteiger charge is -2.45. The van der Waals surface area contributed by atoms with Crippen LogP contribution in [0.5, 0.6) is 0 Å². The Morgan fingerprint density at radius 1 is 1.53 bits per heavy atom. The topological polar surface area (TPSA) is 55.8 Å². The number of hydrogen-bond donors (Lipinski definition) is 1. The number of hydrogen-bond acceptors (Lipinski definition) is 4. The van der Waals surface area contributed by atoms with Gasteiger partial charge in [0.05, 0.1) is 30.8 Å². The normalized spacial score (nSPS) is 35.4. The highest BCUT2D eigenvalue weighted by Crippen LogP contribution is 2.40. The van der Waals surface area contributed by atoms with E-state index in [4.69, 9.17) is 9.47 Å². The Labute approximate surface area is 103 Å². The molecule has 0 spiro atoms. The molecule has 1 aliphatic rings. The molecular weight excluding hydrogens is 220 g/mol. The summed E-state index contributed by atoms with van der Waals surface area (Å²) in [5.41, 5.74) is -1.33. The predicted octanol–water partition coefficient (Wildman–Crippen LogP) is 1.90. The Morgan fingerprint density at radius 2 is 2.18 bits per heavy atom. The first-order chi connectivity index (χ1) is 7.90. The van der Waals surface area contributed by atoms with Crippen LogP contribution in [0.3, 0.4) is 0 Å². The second kappa shape index (κ2) is 5.36. The van der Waals surface area contributed by atoms with E-state index in [1.807, 2.05) is 20.8 Å². The van der Waals surface area contributed by atoms with Crippen LogP contribution in [0.2, 0.25) is 0 Å². The van der Waals surface area contributed by atoms with Gasteiger partial charge in [0.25, 0.3) is 0 Å². The lowest BCUT2D eigenvalue weighted by Crippen LogP contribution is -2.53. The highest BCUT2D eigenvalue weighted by atomic mass is 16.5. The third kappa shape index (κ3) is 2.99. The summed E-state index contributed by atoms with van der Waals surface area (Å²) in [6, 6.07) is 0. The molecule has 100 valence electrons. The number of ether oxygens (including phenoxy) is 2. The summed E-state index contributed by atoms with van der Waals surface area (Å²) in [5, 5.41) is 10.7. The summed E-state index contributed by atoms with van der Waals surface area (Å²) in [6.07, 6.45) is 2.40. The number of rotatable bonds is 4. The molecule has 1 aliphatic heterocycles. The molecule has 3 atom stereocenters. The molecule has 0 amide bonds. The summed E-state index contributed by atoms with van der Waals surface area (Å²) < 4.78 is 10.5. The Kier molecular flexibility index (Phi) is 4.55. The van der Waals surface area contributed by atoms with Gasteiger partial charge in [0, 0.05) is 12.8 Å². The third-order valence-electron chi connectivity index (χ3n) is 3.96. The van der Waals surface area contributed by atoms with Crippen molar-refractivity contribution in [3.05, 3.63) is 0 Å². The zero-order valence-electron chi connectivity index (χ0n) is 11.3. The van der Waals surface area contributed by atoms with E-state index in [9.17, 15) is 9.90 Å². The Bertz CT molecular complexity index is 279. The highest BCUT2D eigenvalue weighted by molar-refractivity contribution is 5.73. The lowest BCUT2D eigenvalue weighted by molar-refractivity contribution is -0.188. The molecule has 0 saturated carbocycles. The van der Waals surface area contributed by atoms with Crippen LogP contribution in [0.1, 0.15) is 46.5 Å². The Morgan fingerprint density at radius 3 is 2.65 bits per heavy atom. The van der Waals surface area contributed by atoms with Crippen molar-refractivity contribution >= 4 is 5.97 Å². The fourth-order valence-corrected chi connectivity index (χ4v) is 2.69. The van der Waals surface area contributed by atoms with Crippen molar-refractivity contribution in [3.8, 4) is 0 Å². The minimum Gasteiger partial charge on any atom is -0.469 e. The third-order valence-corrected chi connectivity index (χ3v) is 3.96. The zero-order valence-corrected chi connectivity index (χ0v) is 11.3. The van der Waals surface area contributed by atoms with Gasteiger partial charge in [-0.05, 0) is 19.8 Å². The summed E-state index contributed by atoms with van der Waals surface area (Å²) in [4.78, 5) is 11.7. The molecule has 17 heavy (non-hydrogen) atoms. The number of aliphatic hydroxyl groups is 1. The summed E-state index contributed by atoms with van der Waals surface area (Å²) in [7, 11) is 1.37.